The third kappa shape index (κ3) is 3.71. The van der Waals surface area contributed by atoms with Crippen molar-refractivity contribution in [2.75, 3.05) is 0 Å². The second kappa shape index (κ2) is 7.64. The average Bonchev–Trinajstić information content (AvgIpc) is 3.49. The Labute approximate surface area is 187 Å². The lowest BCUT2D eigenvalue weighted by Crippen LogP contribution is -1.72. The molecular formula is C22H13IS4. The van der Waals surface area contributed by atoms with Gasteiger partial charge in [0.15, 0.2) is 0 Å². The summed E-state index contributed by atoms with van der Waals surface area (Å²) in [6.45, 7) is 0. The summed E-state index contributed by atoms with van der Waals surface area (Å²) in [4.78, 5) is 9.42. The summed E-state index contributed by atoms with van der Waals surface area (Å²) >= 11 is 9.79. The van der Waals surface area contributed by atoms with E-state index in [1.165, 1.54) is 43.3 Å². The first-order valence-corrected chi connectivity index (χ1v) is 12.8. The maximum atomic E-state index is 2.35. The lowest BCUT2D eigenvalue weighted by atomic mass is 10.2. The van der Waals surface area contributed by atoms with Crippen LogP contribution in [0.5, 0.6) is 0 Å². The highest BCUT2D eigenvalue weighted by Crippen LogP contribution is 2.43. The molecule has 4 heterocycles. The second-order valence-electron chi connectivity index (χ2n) is 5.98. The van der Waals surface area contributed by atoms with Crippen LogP contribution in [0.25, 0.3) is 39.7 Å². The van der Waals surface area contributed by atoms with Crippen molar-refractivity contribution in [1.29, 1.82) is 0 Å². The van der Waals surface area contributed by atoms with Crippen LogP contribution in [0.2, 0.25) is 0 Å². The molecule has 0 saturated heterocycles. The minimum atomic E-state index is 1.27. The highest BCUT2D eigenvalue weighted by molar-refractivity contribution is 14.1. The Morgan fingerprint density at radius 3 is 1.48 bits per heavy atom. The standard InChI is InChI=1S/C22H13IS4/c23-15-5-3-14(4-6-15)16-7-8-19(25-16)20-11-12-22(27-20)21-10-9-18(26-21)17-2-1-13-24-17/h1-13H. The third-order valence-electron chi connectivity index (χ3n) is 4.20. The van der Waals surface area contributed by atoms with Gasteiger partial charge in [0.2, 0.25) is 0 Å². The van der Waals surface area contributed by atoms with Gasteiger partial charge in [0.05, 0.1) is 0 Å². The molecule has 0 nitrogen and oxygen atoms in total. The first-order valence-electron chi connectivity index (χ1n) is 8.36. The van der Waals surface area contributed by atoms with Gasteiger partial charge in [0.1, 0.15) is 0 Å². The van der Waals surface area contributed by atoms with Crippen molar-refractivity contribution in [1.82, 2.24) is 0 Å². The van der Waals surface area contributed by atoms with Gasteiger partial charge in [-0.25, -0.2) is 0 Å². The van der Waals surface area contributed by atoms with Crippen LogP contribution < -0.4 is 0 Å². The van der Waals surface area contributed by atoms with Gasteiger partial charge in [-0.05, 0) is 88.1 Å². The lowest BCUT2D eigenvalue weighted by Gasteiger charge is -1.97. The Morgan fingerprint density at radius 1 is 0.481 bits per heavy atom. The zero-order valence-electron chi connectivity index (χ0n) is 14.0. The van der Waals surface area contributed by atoms with Gasteiger partial charge in [0, 0.05) is 37.7 Å². The monoisotopic (exact) mass is 532 g/mol. The zero-order valence-corrected chi connectivity index (χ0v) is 19.4. The third-order valence-corrected chi connectivity index (χ3v) is 9.68. The molecular weight excluding hydrogens is 519 g/mol. The van der Waals surface area contributed by atoms with Crippen molar-refractivity contribution in [3.63, 3.8) is 0 Å². The van der Waals surface area contributed by atoms with Gasteiger partial charge in [-0.3, -0.25) is 0 Å². The molecule has 1 aromatic carbocycles. The van der Waals surface area contributed by atoms with E-state index in [9.17, 15) is 0 Å². The minimum Gasteiger partial charge on any atom is -0.143 e. The predicted molar refractivity (Wildman–Crippen MR) is 132 cm³/mol. The second-order valence-corrected chi connectivity index (χ2v) is 11.4. The smallest absolute Gasteiger partial charge is 0.0449 e. The first kappa shape index (κ1) is 17.8. The molecule has 5 rings (SSSR count). The Balaban J connectivity index is 1.42. The fourth-order valence-electron chi connectivity index (χ4n) is 2.86. The van der Waals surface area contributed by atoms with Gasteiger partial charge in [-0.15, -0.1) is 45.3 Å². The fourth-order valence-corrected chi connectivity index (χ4v) is 7.26. The molecule has 0 N–H and O–H groups in total. The highest BCUT2D eigenvalue weighted by atomic mass is 127. The summed E-state index contributed by atoms with van der Waals surface area (Å²) in [5, 5.41) is 2.14. The summed E-state index contributed by atoms with van der Waals surface area (Å²) < 4.78 is 1.27. The van der Waals surface area contributed by atoms with Crippen molar-refractivity contribution in [2.24, 2.45) is 0 Å². The Bertz CT molecular complexity index is 1170. The van der Waals surface area contributed by atoms with Crippen LogP contribution in [0.4, 0.5) is 0 Å². The molecule has 0 aliphatic carbocycles. The molecule has 0 fully saturated rings. The molecule has 0 bridgehead atoms. The van der Waals surface area contributed by atoms with E-state index >= 15 is 0 Å². The Morgan fingerprint density at radius 2 is 0.963 bits per heavy atom. The maximum Gasteiger partial charge on any atom is 0.0449 e. The number of hydrogen-bond donors (Lipinski definition) is 0. The molecule has 5 aromatic rings. The topological polar surface area (TPSA) is 0 Å². The molecule has 132 valence electrons. The van der Waals surface area contributed by atoms with Gasteiger partial charge in [-0.1, -0.05) is 18.2 Å². The molecule has 0 radical (unpaired) electrons. The summed E-state index contributed by atoms with van der Waals surface area (Å²) in [6.07, 6.45) is 0. The van der Waals surface area contributed by atoms with Crippen molar-refractivity contribution < 1.29 is 0 Å². The highest BCUT2D eigenvalue weighted by Gasteiger charge is 2.11. The van der Waals surface area contributed by atoms with E-state index in [1.54, 1.807) is 11.3 Å². The van der Waals surface area contributed by atoms with E-state index in [-0.39, 0.29) is 0 Å². The molecule has 0 unspecified atom stereocenters. The molecule has 0 amide bonds. The summed E-state index contributed by atoms with van der Waals surface area (Å²) in [7, 11) is 0. The van der Waals surface area contributed by atoms with Gasteiger partial charge in [-0.2, -0.15) is 0 Å². The number of thiophene rings is 4. The van der Waals surface area contributed by atoms with Crippen LogP contribution in [0.15, 0.2) is 78.2 Å². The van der Waals surface area contributed by atoms with E-state index in [0.717, 1.165) is 0 Å². The van der Waals surface area contributed by atoms with Crippen LogP contribution >= 0.6 is 67.9 Å². The van der Waals surface area contributed by atoms with E-state index in [2.05, 4.69) is 101 Å². The van der Waals surface area contributed by atoms with Crippen LogP contribution in [0.1, 0.15) is 0 Å². The van der Waals surface area contributed by atoms with Gasteiger partial charge < -0.3 is 0 Å². The number of halogens is 1. The van der Waals surface area contributed by atoms with E-state index in [4.69, 9.17) is 0 Å². The van der Waals surface area contributed by atoms with Crippen molar-refractivity contribution in [3.05, 3.63) is 81.7 Å². The molecule has 0 aliphatic rings. The molecule has 4 aromatic heterocycles. The summed E-state index contributed by atoms with van der Waals surface area (Å²) in [6, 6.07) is 26.5. The van der Waals surface area contributed by atoms with Crippen LogP contribution in [-0.2, 0) is 0 Å². The first-order chi connectivity index (χ1) is 13.3. The maximum absolute atomic E-state index is 2.35. The van der Waals surface area contributed by atoms with E-state index in [1.807, 2.05) is 34.0 Å². The lowest BCUT2D eigenvalue weighted by molar-refractivity contribution is 1.64. The largest absolute Gasteiger partial charge is 0.143 e. The average molecular weight is 533 g/mol. The Kier molecular flexibility index (Phi) is 5.04. The van der Waals surface area contributed by atoms with Crippen molar-refractivity contribution in [3.8, 4) is 39.7 Å². The van der Waals surface area contributed by atoms with E-state index in [0.29, 0.717) is 0 Å². The molecule has 0 spiro atoms. The number of benzene rings is 1. The molecule has 0 saturated carbocycles. The van der Waals surface area contributed by atoms with Gasteiger partial charge in [0.25, 0.3) is 0 Å². The van der Waals surface area contributed by atoms with E-state index < -0.39 is 0 Å². The van der Waals surface area contributed by atoms with Crippen LogP contribution in [0, 0.1) is 3.57 Å². The van der Waals surface area contributed by atoms with Crippen molar-refractivity contribution >= 4 is 67.9 Å². The van der Waals surface area contributed by atoms with Crippen LogP contribution in [0.3, 0.4) is 0 Å². The Hall–Kier alpha value is -1.25. The number of rotatable bonds is 4. The quantitative estimate of drug-likeness (QED) is 0.203. The molecule has 0 aliphatic heterocycles. The molecule has 5 heteroatoms. The van der Waals surface area contributed by atoms with Crippen molar-refractivity contribution in [2.45, 2.75) is 0 Å². The zero-order chi connectivity index (χ0) is 18.2. The predicted octanol–water partition coefficient (Wildman–Crippen LogP) is 9.21. The SMILES string of the molecule is Ic1ccc(-c2ccc(-c3ccc(-c4ccc(-c5cccs5)s4)s3)s2)cc1. The fraction of sp³-hybridized carbons (Fsp3) is 0. The summed E-state index contributed by atoms with van der Waals surface area (Å²) in [5.41, 5.74) is 1.29. The minimum absolute atomic E-state index is 1.27. The number of hydrogen-bond acceptors (Lipinski definition) is 4. The van der Waals surface area contributed by atoms with Crippen LogP contribution in [-0.4, -0.2) is 0 Å². The van der Waals surface area contributed by atoms with Gasteiger partial charge >= 0.3 is 0 Å². The summed E-state index contributed by atoms with van der Waals surface area (Å²) in [5.74, 6) is 0. The normalized spacial score (nSPS) is 11.1. The molecule has 27 heavy (non-hydrogen) atoms. The molecule has 0 atom stereocenters.